The van der Waals surface area contributed by atoms with E-state index in [4.69, 9.17) is 25.5 Å². The predicted octanol–water partition coefficient (Wildman–Crippen LogP) is -3.32. The Kier molecular flexibility index (Phi) is 6.21. The minimum absolute atomic E-state index is 0.399. The Morgan fingerprint density at radius 3 is 2.22 bits per heavy atom. The van der Waals surface area contributed by atoms with Crippen molar-refractivity contribution in [3.8, 4) is 0 Å². The van der Waals surface area contributed by atoms with E-state index in [1.54, 1.807) is 18.7 Å². The molecule has 0 radical (unpaired) electrons. The van der Waals surface area contributed by atoms with Crippen LogP contribution in [0.3, 0.4) is 0 Å². The average molecular weight is 388 g/mol. The zero-order chi connectivity index (χ0) is 21.1. The monoisotopic (exact) mass is 388 g/mol. The molecular formula is C13H16N4O10. The van der Waals surface area contributed by atoms with Crippen LogP contribution in [-0.4, -0.2) is 74.2 Å². The number of carbonyl (C=O) groups is 3. The molecule has 0 saturated heterocycles. The highest BCUT2D eigenvalue weighted by molar-refractivity contribution is 5.90. The maximum absolute atomic E-state index is 11.3. The van der Waals surface area contributed by atoms with Crippen molar-refractivity contribution in [1.82, 2.24) is 19.1 Å². The number of carboxylic acid groups (broad SMARTS) is 3. The first-order valence-corrected chi connectivity index (χ1v) is 7.01. The van der Waals surface area contributed by atoms with Crippen LogP contribution < -0.4 is 11.2 Å². The van der Waals surface area contributed by atoms with Gasteiger partial charge in [-0.2, -0.15) is 0 Å². The van der Waals surface area contributed by atoms with Gasteiger partial charge in [0.2, 0.25) is 5.60 Å². The van der Waals surface area contributed by atoms with Gasteiger partial charge < -0.3 is 30.1 Å². The number of aliphatic hydroxyl groups excluding tert-OH is 1. The molecule has 2 unspecified atom stereocenters. The third-order valence-electron chi connectivity index (χ3n) is 3.45. The summed E-state index contributed by atoms with van der Waals surface area (Å²) in [5, 5.41) is 42.6. The van der Waals surface area contributed by atoms with Crippen LogP contribution in [0.15, 0.2) is 15.9 Å². The first-order valence-electron chi connectivity index (χ1n) is 7.01. The van der Waals surface area contributed by atoms with Gasteiger partial charge in [-0.15, -0.1) is 0 Å². The smallest absolute Gasteiger partial charge is 0.339 e. The second-order valence-corrected chi connectivity index (χ2v) is 5.39. The van der Waals surface area contributed by atoms with E-state index in [1.165, 1.54) is 10.9 Å². The number of hydrogen-bond acceptors (Lipinski definition) is 8. The van der Waals surface area contributed by atoms with Crippen molar-refractivity contribution in [3.05, 3.63) is 27.2 Å². The number of aromatic amines is 1. The molecule has 2 aromatic heterocycles. The molecule has 148 valence electrons. The highest BCUT2D eigenvalue weighted by atomic mass is 16.4. The summed E-state index contributed by atoms with van der Waals surface area (Å²) in [5.41, 5.74) is -3.27. The quantitative estimate of drug-likeness (QED) is 0.297. The number of aromatic nitrogens is 4. The SMILES string of the molecule is Cn1cnc2c1c(=O)[nH]c(=O)n2C.O=C(O)CC(O)(C(=O)O)C(O)C(=O)O. The molecule has 0 fully saturated rings. The molecule has 0 aliphatic heterocycles. The molecule has 0 amide bonds. The number of nitrogens with one attached hydrogen (secondary N) is 1. The van der Waals surface area contributed by atoms with Crippen LogP contribution in [0.5, 0.6) is 0 Å². The van der Waals surface area contributed by atoms with Crippen molar-refractivity contribution >= 4 is 29.1 Å². The second-order valence-electron chi connectivity index (χ2n) is 5.39. The minimum Gasteiger partial charge on any atom is -0.481 e. The van der Waals surface area contributed by atoms with E-state index < -0.39 is 47.3 Å². The van der Waals surface area contributed by atoms with Gasteiger partial charge in [0, 0.05) is 14.1 Å². The molecule has 2 rings (SSSR count). The Bertz CT molecular complexity index is 1000. The van der Waals surface area contributed by atoms with E-state index in [0.29, 0.717) is 11.2 Å². The molecule has 14 heteroatoms. The van der Waals surface area contributed by atoms with Crippen molar-refractivity contribution in [2.45, 2.75) is 18.1 Å². The molecular weight excluding hydrogens is 372 g/mol. The summed E-state index contributed by atoms with van der Waals surface area (Å²) in [6.45, 7) is 0. The summed E-state index contributed by atoms with van der Waals surface area (Å²) in [5.74, 6) is -5.87. The third-order valence-corrected chi connectivity index (χ3v) is 3.45. The van der Waals surface area contributed by atoms with Crippen molar-refractivity contribution < 1.29 is 39.9 Å². The summed E-state index contributed by atoms with van der Waals surface area (Å²) in [6.07, 6.45) is -2.61. The lowest BCUT2D eigenvalue weighted by molar-refractivity contribution is -0.187. The van der Waals surface area contributed by atoms with Gasteiger partial charge in [0.15, 0.2) is 17.3 Å². The molecule has 27 heavy (non-hydrogen) atoms. The van der Waals surface area contributed by atoms with Crippen LogP contribution in [-0.2, 0) is 28.5 Å². The van der Waals surface area contributed by atoms with Crippen LogP contribution in [0.2, 0.25) is 0 Å². The lowest BCUT2D eigenvalue weighted by atomic mass is 9.93. The molecule has 14 nitrogen and oxygen atoms in total. The van der Waals surface area contributed by atoms with E-state index in [1.807, 2.05) is 0 Å². The fourth-order valence-electron chi connectivity index (χ4n) is 1.99. The van der Waals surface area contributed by atoms with Gasteiger partial charge in [-0.05, 0) is 0 Å². The summed E-state index contributed by atoms with van der Waals surface area (Å²) in [4.78, 5) is 59.2. The number of aryl methyl sites for hydroxylation is 2. The van der Waals surface area contributed by atoms with Crippen LogP contribution in [0, 0.1) is 0 Å². The summed E-state index contributed by atoms with van der Waals surface area (Å²) >= 11 is 0. The predicted molar refractivity (Wildman–Crippen MR) is 85.1 cm³/mol. The molecule has 2 aromatic rings. The largest absolute Gasteiger partial charge is 0.481 e. The lowest BCUT2D eigenvalue weighted by Gasteiger charge is -2.23. The highest BCUT2D eigenvalue weighted by Crippen LogP contribution is 2.16. The standard InChI is InChI=1S/C7H8N4O2.C6H8O8/c1-10-3-8-5-4(10)6(12)9-7(13)11(5)2;7-2(8)1-6(14,5(12)13)3(9)4(10)11/h3H,1-2H3,(H,9,12,13);3,9,14H,1H2,(H,7,8)(H,10,11)(H,12,13). The first kappa shape index (κ1) is 21.5. The van der Waals surface area contributed by atoms with Gasteiger partial charge in [-0.3, -0.25) is 19.1 Å². The van der Waals surface area contributed by atoms with Gasteiger partial charge in [0.05, 0.1) is 12.7 Å². The van der Waals surface area contributed by atoms with Gasteiger partial charge in [-0.1, -0.05) is 0 Å². The molecule has 0 aliphatic carbocycles. The number of hydrogen-bond donors (Lipinski definition) is 6. The first-order chi connectivity index (χ1) is 12.3. The normalized spacial score (nSPS) is 13.9. The van der Waals surface area contributed by atoms with Gasteiger partial charge in [0.1, 0.15) is 0 Å². The maximum atomic E-state index is 11.3. The molecule has 0 aromatic carbocycles. The second kappa shape index (κ2) is 7.79. The van der Waals surface area contributed by atoms with Crippen LogP contribution in [0.4, 0.5) is 0 Å². The Labute approximate surface area is 148 Å². The van der Waals surface area contributed by atoms with Crippen molar-refractivity contribution in [1.29, 1.82) is 0 Å². The maximum Gasteiger partial charge on any atom is 0.339 e. The van der Waals surface area contributed by atoms with Crippen LogP contribution in [0.25, 0.3) is 11.2 Å². The van der Waals surface area contributed by atoms with Gasteiger partial charge >= 0.3 is 23.6 Å². The number of imidazole rings is 1. The highest BCUT2D eigenvalue weighted by Gasteiger charge is 2.49. The van der Waals surface area contributed by atoms with Crippen LogP contribution in [0.1, 0.15) is 6.42 Å². The molecule has 0 aliphatic rings. The lowest BCUT2D eigenvalue weighted by Crippen LogP contribution is -2.54. The molecule has 0 spiro atoms. The fourth-order valence-corrected chi connectivity index (χ4v) is 1.99. The molecule has 2 heterocycles. The zero-order valence-corrected chi connectivity index (χ0v) is 14.0. The minimum atomic E-state index is -3.22. The topological polar surface area (TPSA) is 225 Å². The number of rotatable bonds is 5. The number of fused-ring (bicyclic) bond motifs is 1. The molecule has 6 N–H and O–H groups in total. The summed E-state index contributed by atoms with van der Waals surface area (Å²) in [7, 11) is 3.27. The van der Waals surface area contributed by atoms with Gasteiger partial charge in [-0.25, -0.2) is 19.4 Å². The summed E-state index contributed by atoms with van der Waals surface area (Å²) in [6, 6.07) is 0. The van der Waals surface area contributed by atoms with E-state index in [0.717, 1.165) is 0 Å². The van der Waals surface area contributed by atoms with Gasteiger partial charge in [0.25, 0.3) is 5.56 Å². The molecule has 0 bridgehead atoms. The fraction of sp³-hybridized carbons (Fsp3) is 0.385. The van der Waals surface area contributed by atoms with Crippen LogP contribution >= 0.6 is 0 Å². The zero-order valence-electron chi connectivity index (χ0n) is 14.0. The van der Waals surface area contributed by atoms with Crippen molar-refractivity contribution in [2.75, 3.05) is 0 Å². The Morgan fingerprint density at radius 1 is 1.22 bits per heavy atom. The van der Waals surface area contributed by atoms with E-state index in [-0.39, 0.29) is 0 Å². The Hall–Kier alpha value is -3.52. The van der Waals surface area contributed by atoms with Crippen molar-refractivity contribution in [2.24, 2.45) is 14.1 Å². The number of H-pyrrole nitrogens is 1. The van der Waals surface area contributed by atoms with E-state index in [2.05, 4.69) is 9.97 Å². The van der Waals surface area contributed by atoms with E-state index >= 15 is 0 Å². The van der Waals surface area contributed by atoms with Crippen molar-refractivity contribution in [3.63, 3.8) is 0 Å². The number of aliphatic hydroxyl groups is 2. The number of nitrogens with zero attached hydrogens (tertiary/aromatic N) is 3. The number of carboxylic acids is 3. The van der Waals surface area contributed by atoms with E-state index in [9.17, 15) is 24.0 Å². The Morgan fingerprint density at radius 2 is 1.78 bits per heavy atom. The molecule has 2 atom stereocenters. The Balaban J connectivity index is 0.000000270. The molecule has 0 saturated carbocycles. The average Bonchev–Trinajstić information content (AvgIpc) is 2.94. The summed E-state index contributed by atoms with van der Waals surface area (Å²) < 4.78 is 2.88. The number of aliphatic carboxylic acids is 3. The third kappa shape index (κ3) is 4.36.